The van der Waals surface area contributed by atoms with Crippen molar-refractivity contribution < 1.29 is 14.4 Å². The van der Waals surface area contributed by atoms with Crippen LogP contribution in [0.4, 0.5) is 4.79 Å². The van der Waals surface area contributed by atoms with Crippen molar-refractivity contribution in [2.75, 3.05) is 13.6 Å². The molecule has 32 heavy (non-hydrogen) atoms. The number of nitrogens with one attached hydrogen (secondary N) is 1. The molecule has 1 aromatic heterocycles. The first-order chi connectivity index (χ1) is 15.3. The molecule has 2 aliphatic rings. The molecule has 2 aromatic rings. The molecule has 0 unspecified atom stereocenters. The fraction of sp³-hybridized carbons (Fsp3) is 0.476. The molecule has 1 aliphatic carbocycles. The normalized spacial score (nSPS) is 22.3. The van der Waals surface area contributed by atoms with Gasteiger partial charge in [0.05, 0.1) is 11.8 Å². The lowest BCUT2D eigenvalue weighted by Gasteiger charge is -2.39. The molecule has 1 aromatic carbocycles. The van der Waals surface area contributed by atoms with Gasteiger partial charge in [-0.3, -0.25) is 14.5 Å². The number of tetrazole rings is 1. The maximum atomic E-state index is 13.3. The van der Waals surface area contributed by atoms with E-state index in [0.29, 0.717) is 24.1 Å². The van der Waals surface area contributed by atoms with Crippen molar-refractivity contribution in [3.8, 4) is 11.8 Å². The maximum Gasteiger partial charge on any atom is 0.325 e. The first kappa shape index (κ1) is 21.4. The van der Waals surface area contributed by atoms with E-state index < -0.39 is 35.5 Å². The second kappa shape index (κ2) is 8.03. The molecule has 0 bridgehead atoms. The van der Waals surface area contributed by atoms with Crippen molar-refractivity contribution in [2.45, 2.75) is 50.1 Å². The summed E-state index contributed by atoms with van der Waals surface area (Å²) in [5.41, 5.74) is -1.08. The lowest BCUT2D eigenvalue weighted by molar-refractivity contribution is -0.141. The Labute approximate surface area is 185 Å². The third kappa shape index (κ3) is 3.47. The standard InChI is InChI=1S/C21H24N8O3/c1-20(15-7-6-8-16(11-15)29-14-23-25-26-29)18(31)28(19(32)24-20)12-17(30)27(2)21(13-22)9-4-3-5-10-21/h6-8,11,14H,3-5,9-10,12H2,1-2H3,(H,24,32)/t20-/m0/s1. The van der Waals surface area contributed by atoms with E-state index in [1.54, 1.807) is 38.2 Å². The van der Waals surface area contributed by atoms with Gasteiger partial charge in [0.1, 0.15) is 23.9 Å². The van der Waals surface area contributed by atoms with Gasteiger partial charge in [0.15, 0.2) is 0 Å². The number of rotatable bonds is 5. The average molecular weight is 436 g/mol. The number of amides is 4. The van der Waals surface area contributed by atoms with Gasteiger partial charge in [0.25, 0.3) is 5.91 Å². The number of carbonyl (C=O) groups is 3. The molecular formula is C21H24N8O3. The van der Waals surface area contributed by atoms with Crippen LogP contribution >= 0.6 is 0 Å². The number of aromatic nitrogens is 4. The number of urea groups is 1. The minimum absolute atomic E-state index is 0.424. The largest absolute Gasteiger partial charge is 0.325 e. The summed E-state index contributed by atoms with van der Waals surface area (Å²) >= 11 is 0. The molecule has 1 aliphatic heterocycles. The lowest BCUT2D eigenvalue weighted by Crippen LogP contribution is -2.53. The highest BCUT2D eigenvalue weighted by atomic mass is 16.2. The molecule has 1 atom stereocenters. The van der Waals surface area contributed by atoms with Crippen LogP contribution in [-0.4, -0.2) is 67.0 Å². The van der Waals surface area contributed by atoms with E-state index in [0.717, 1.165) is 24.2 Å². The van der Waals surface area contributed by atoms with Crippen LogP contribution in [0.1, 0.15) is 44.6 Å². The van der Waals surface area contributed by atoms with Gasteiger partial charge >= 0.3 is 6.03 Å². The number of imide groups is 1. The quantitative estimate of drug-likeness (QED) is 0.693. The first-order valence-corrected chi connectivity index (χ1v) is 10.5. The maximum absolute atomic E-state index is 13.3. The Hall–Kier alpha value is -3.81. The monoisotopic (exact) mass is 436 g/mol. The van der Waals surface area contributed by atoms with Crippen molar-refractivity contribution in [3.05, 3.63) is 36.2 Å². The van der Waals surface area contributed by atoms with Crippen LogP contribution < -0.4 is 5.32 Å². The molecule has 2 fully saturated rings. The van der Waals surface area contributed by atoms with Crippen molar-refractivity contribution in [1.82, 2.24) is 35.3 Å². The summed E-state index contributed by atoms with van der Waals surface area (Å²) in [4.78, 5) is 41.3. The first-order valence-electron chi connectivity index (χ1n) is 10.5. The third-order valence-electron chi connectivity index (χ3n) is 6.51. The summed E-state index contributed by atoms with van der Waals surface area (Å²) < 4.78 is 1.44. The Morgan fingerprint density at radius 1 is 1.28 bits per heavy atom. The SMILES string of the molecule is CN(C(=O)CN1C(=O)N[C@@](C)(c2cccc(-n3cnnn3)c2)C1=O)C1(C#N)CCCCC1. The summed E-state index contributed by atoms with van der Waals surface area (Å²) in [5.74, 6) is -0.976. The third-order valence-corrected chi connectivity index (χ3v) is 6.51. The minimum Gasteiger partial charge on any atom is -0.325 e. The van der Waals surface area contributed by atoms with Crippen LogP contribution in [0.3, 0.4) is 0 Å². The molecule has 166 valence electrons. The van der Waals surface area contributed by atoms with Crippen molar-refractivity contribution >= 4 is 17.8 Å². The predicted molar refractivity (Wildman–Crippen MR) is 111 cm³/mol. The topological polar surface area (TPSA) is 137 Å². The Kier molecular flexibility index (Phi) is 5.38. The van der Waals surface area contributed by atoms with E-state index >= 15 is 0 Å². The number of likely N-dealkylation sites (N-methyl/N-ethyl adjacent to an activating group) is 1. The number of carbonyl (C=O) groups excluding carboxylic acids is 3. The van der Waals surface area contributed by atoms with Gasteiger partial charge < -0.3 is 10.2 Å². The predicted octanol–water partition coefficient (Wildman–Crippen LogP) is 1.11. The molecule has 1 saturated carbocycles. The fourth-order valence-corrected chi connectivity index (χ4v) is 4.41. The zero-order chi connectivity index (χ0) is 22.9. The molecule has 0 radical (unpaired) electrons. The van der Waals surface area contributed by atoms with E-state index in [2.05, 4.69) is 26.9 Å². The highest BCUT2D eigenvalue weighted by Crippen LogP contribution is 2.33. The van der Waals surface area contributed by atoms with Crippen LogP contribution in [0.5, 0.6) is 0 Å². The Morgan fingerprint density at radius 3 is 2.69 bits per heavy atom. The Morgan fingerprint density at radius 2 is 2.03 bits per heavy atom. The summed E-state index contributed by atoms with van der Waals surface area (Å²) in [7, 11) is 1.57. The van der Waals surface area contributed by atoms with E-state index in [1.165, 1.54) is 15.9 Å². The number of nitriles is 1. The number of hydrogen-bond acceptors (Lipinski definition) is 7. The smallest absolute Gasteiger partial charge is 0.325 e. The van der Waals surface area contributed by atoms with Crippen LogP contribution in [-0.2, 0) is 15.1 Å². The number of nitrogens with zero attached hydrogens (tertiary/aromatic N) is 7. The van der Waals surface area contributed by atoms with E-state index in [9.17, 15) is 19.6 Å². The van der Waals surface area contributed by atoms with Gasteiger partial charge in [-0.15, -0.1) is 5.10 Å². The summed E-state index contributed by atoms with van der Waals surface area (Å²) in [5, 5.41) is 23.5. The molecule has 2 heterocycles. The van der Waals surface area contributed by atoms with Gasteiger partial charge in [-0.05, 0) is 47.9 Å². The molecule has 11 heteroatoms. The van der Waals surface area contributed by atoms with Gasteiger partial charge in [-0.2, -0.15) is 5.26 Å². The van der Waals surface area contributed by atoms with Crippen LogP contribution in [0.15, 0.2) is 30.6 Å². The average Bonchev–Trinajstić information content (AvgIpc) is 3.43. The highest BCUT2D eigenvalue weighted by molar-refractivity contribution is 6.09. The minimum atomic E-state index is -1.35. The van der Waals surface area contributed by atoms with Gasteiger partial charge in [-0.25, -0.2) is 9.48 Å². The van der Waals surface area contributed by atoms with Gasteiger partial charge in [0.2, 0.25) is 5.91 Å². The van der Waals surface area contributed by atoms with Gasteiger partial charge in [-0.1, -0.05) is 31.4 Å². The Bertz CT molecular complexity index is 1090. The van der Waals surface area contributed by atoms with Crippen molar-refractivity contribution in [2.24, 2.45) is 0 Å². The summed E-state index contributed by atoms with van der Waals surface area (Å²) in [6.45, 7) is 1.17. The van der Waals surface area contributed by atoms with Crippen LogP contribution in [0.2, 0.25) is 0 Å². The molecule has 1 N–H and O–H groups in total. The fourth-order valence-electron chi connectivity index (χ4n) is 4.41. The van der Waals surface area contributed by atoms with E-state index in [4.69, 9.17) is 0 Å². The summed E-state index contributed by atoms with van der Waals surface area (Å²) in [6.07, 6.45) is 5.36. The number of hydrogen-bond donors (Lipinski definition) is 1. The van der Waals surface area contributed by atoms with Gasteiger partial charge in [0, 0.05) is 7.05 Å². The lowest BCUT2D eigenvalue weighted by atomic mass is 9.81. The molecular weight excluding hydrogens is 412 g/mol. The molecule has 11 nitrogen and oxygen atoms in total. The molecule has 4 rings (SSSR count). The van der Waals surface area contributed by atoms with E-state index in [1.807, 2.05) is 0 Å². The highest BCUT2D eigenvalue weighted by Gasteiger charge is 2.50. The van der Waals surface area contributed by atoms with Crippen molar-refractivity contribution in [3.63, 3.8) is 0 Å². The molecule has 1 saturated heterocycles. The second-order valence-corrected chi connectivity index (χ2v) is 8.41. The Balaban J connectivity index is 1.55. The van der Waals surface area contributed by atoms with E-state index in [-0.39, 0.29) is 0 Å². The zero-order valence-corrected chi connectivity index (χ0v) is 18.0. The van der Waals surface area contributed by atoms with Crippen LogP contribution in [0, 0.1) is 11.3 Å². The number of benzene rings is 1. The molecule has 0 spiro atoms. The summed E-state index contributed by atoms with van der Waals surface area (Å²) in [6, 6.07) is 8.57. The van der Waals surface area contributed by atoms with Crippen molar-refractivity contribution in [1.29, 1.82) is 5.26 Å². The second-order valence-electron chi connectivity index (χ2n) is 8.41. The van der Waals surface area contributed by atoms with Crippen LogP contribution in [0.25, 0.3) is 5.69 Å². The molecule has 4 amide bonds. The zero-order valence-electron chi connectivity index (χ0n) is 18.0.